The smallest absolute Gasteiger partial charge is 0.120 e. The van der Waals surface area contributed by atoms with Crippen molar-refractivity contribution in [1.29, 1.82) is 0 Å². The Hall–Kier alpha value is -0.620. The van der Waals surface area contributed by atoms with Gasteiger partial charge in [-0.05, 0) is 41.1 Å². The summed E-state index contributed by atoms with van der Waals surface area (Å²) in [6, 6.07) is 5.55. The maximum Gasteiger partial charge on any atom is 0.120 e. The number of aliphatic hydroxyl groups excluding tert-OH is 1. The topological polar surface area (TPSA) is 45.1 Å². The fraction of sp³-hybridized carbons (Fsp3) is 0.250. The summed E-state index contributed by atoms with van der Waals surface area (Å²) < 4.78 is 0.814. The molecule has 2 N–H and O–H groups in total. The van der Waals surface area contributed by atoms with Crippen molar-refractivity contribution in [1.82, 2.24) is 4.98 Å². The first kappa shape index (κ1) is 13.8. The first-order valence-electron chi connectivity index (χ1n) is 5.29. The third kappa shape index (κ3) is 2.85. The van der Waals surface area contributed by atoms with Crippen LogP contribution in [0, 0.1) is 0 Å². The van der Waals surface area contributed by atoms with Crippen LogP contribution in [0.25, 0.3) is 0 Å². The van der Waals surface area contributed by atoms with Gasteiger partial charge in [-0.25, -0.2) is 4.98 Å². The normalized spacial score (nSPS) is 14.2. The fourth-order valence-corrected chi connectivity index (χ4v) is 2.79. The summed E-state index contributed by atoms with van der Waals surface area (Å²) in [6.07, 6.45) is 1.73. The Balaban J connectivity index is 2.28. The molecule has 1 unspecified atom stereocenters. The summed E-state index contributed by atoms with van der Waals surface area (Å²) in [5, 5.41) is 16.3. The van der Waals surface area contributed by atoms with E-state index < -0.39 is 5.54 Å². The number of anilines is 1. The summed E-state index contributed by atoms with van der Waals surface area (Å²) in [4.78, 5) is 4.25. The standard InChI is InChI=1S/C12H12BrClN2OS/c1-12(7-17,11-15-4-5-18-11)16-8-2-3-10(14)9(13)6-8/h2-6,16-17H,7H2,1H3. The highest BCUT2D eigenvalue weighted by Crippen LogP contribution is 2.31. The van der Waals surface area contributed by atoms with Gasteiger partial charge in [-0.3, -0.25) is 0 Å². The van der Waals surface area contributed by atoms with Gasteiger partial charge in [0, 0.05) is 21.7 Å². The number of aliphatic hydroxyl groups is 1. The highest BCUT2D eigenvalue weighted by Gasteiger charge is 2.28. The molecule has 18 heavy (non-hydrogen) atoms. The summed E-state index contributed by atoms with van der Waals surface area (Å²) in [6.45, 7) is 1.87. The molecule has 2 rings (SSSR count). The van der Waals surface area contributed by atoms with E-state index >= 15 is 0 Å². The number of hydrogen-bond donors (Lipinski definition) is 2. The Labute approximate surface area is 123 Å². The predicted molar refractivity (Wildman–Crippen MR) is 79.3 cm³/mol. The molecule has 0 bridgehead atoms. The lowest BCUT2D eigenvalue weighted by atomic mass is 10.0. The van der Waals surface area contributed by atoms with Crippen LogP contribution in [0.4, 0.5) is 5.69 Å². The Morgan fingerprint density at radius 2 is 2.33 bits per heavy atom. The lowest BCUT2D eigenvalue weighted by Crippen LogP contribution is -2.35. The van der Waals surface area contributed by atoms with Crippen molar-refractivity contribution in [3.05, 3.63) is 44.3 Å². The highest BCUT2D eigenvalue weighted by molar-refractivity contribution is 9.10. The molecule has 0 saturated heterocycles. The maximum atomic E-state index is 9.61. The molecule has 0 aliphatic rings. The van der Waals surface area contributed by atoms with Crippen LogP contribution in [0.1, 0.15) is 11.9 Å². The van der Waals surface area contributed by atoms with Crippen molar-refractivity contribution >= 4 is 44.6 Å². The van der Waals surface area contributed by atoms with E-state index in [9.17, 15) is 5.11 Å². The second kappa shape index (κ2) is 5.57. The summed E-state index contributed by atoms with van der Waals surface area (Å²) in [7, 11) is 0. The van der Waals surface area contributed by atoms with E-state index in [0.717, 1.165) is 15.2 Å². The van der Waals surface area contributed by atoms with Crippen LogP contribution in [0.2, 0.25) is 5.02 Å². The predicted octanol–water partition coefficient (Wildman–Crippen LogP) is 3.88. The molecule has 0 amide bonds. The van der Waals surface area contributed by atoms with E-state index in [4.69, 9.17) is 11.6 Å². The molecule has 0 spiro atoms. The van der Waals surface area contributed by atoms with Gasteiger partial charge in [0.2, 0.25) is 0 Å². The molecule has 6 heteroatoms. The maximum absolute atomic E-state index is 9.61. The van der Waals surface area contributed by atoms with Gasteiger partial charge in [0.25, 0.3) is 0 Å². The number of rotatable bonds is 4. The van der Waals surface area contributed by atoms with Crippen LogP contribution in [0.5, 0.6) is 0 Å². The van der Waals surface area contributed by atoms with Gasteiger partial charge in [-0.15, -0.1) is 11.3 Å². The third-order valence-corrected chi connectivity index (χ3v) is 4.81. The molecular weight excluding hydrogens is 336 g/mol. The minimum Gasteiger partial charge on any atom is -0.393 e. The summed E-state index contributed by atoms with van der Waals surface area (Å²) >= 11 is 10.8. The zero-order chi connectivity index (χ0) is 13.2. The van der Waals surface area contributed by atoms with Gasteiger partial charge in [0.15, 0.2) is 0 Å². The summed E-state index contributed by atoms with van der Waals surface area (Å²) in [5.74, 6) is 0. The van der Waals surface area contributed by atoms with Crippen molar-refractivity contribution in [2.24, 2.45) is 0 Å². The van der Waals surface area contributed by atoms with E-state index in [-0.39, 0.29) is 6.61 Å². The zero-order valence-corrected chi connectivity index (χ0v) is 12.8. The molecule has 1 aromatic heterocycles. The van der Waals surface area contributed by atoms with Crippen molar-refractivity contribution < 1.29 is 5.11 Å². The zero-order valence-electron chi connectivity index (χ0n) is 9.65. The van der Waals surface area contributed by atoms with Crippen molar-refractivity contribution in [3.63, 3.8) is 0 Å². The number of hydrogen-bond acceptors (Lipinski definition) is 4. The fourth-order valence-electron chi connectivity index (χ4n) is 1.55. The van der Waals surface area contributed by atoms with Crippen LogP contribution in [-0.4, -0.2) is 16.7 Å². The molecule has 96 valence electrons. The SMILES string of the molecule is CC(CO)(Nc1ccc(Cl)c(Br)c1)c1nccs1. The van der Waals surface area contributed by atoms with Gasteiger partial charge < -0.3 is 10.4 Å². The van der Waals surface area contributed by atoms with E-state index in [0.29, 0.717) is 5.02 Å². The third-order valence-electron chi connectivity index (χ3n) is 2.56. The lowest BCUT2D eigenvalue weighted by molar-refractivity contribution is 0.223. The van der Waals surface area contributed by atoms with Gasteiger partial charge in [-0.2, -0.15) is 0 Å². The number of halogens is 2. The van der Waals surface area contributed by atoms with Crippen molar-refractivity contribution in [2.45, 2.75) is 12.5 Å². The van der Waals surface area contributed by atoms with Crippen LogP contribution in [0.15, 0.2) is 34.2 Å². The van der Waals surface area contributed by atoms with Gasteiger partial charge in [0.1, 0.15) is 10.5 Å². The number of aromatic nitrogens is 1. The minimum atomic E-state index is -0.596. The molecule has 3 nitrogen and oxygen atoms in total. The van der Waals surface area contributed by atoms with E-state index in [1.165, 1.54) is 11.3 Å². The number of nitrogens with one attached hydrogen (secondary N) is 1. The average molecular weight is 348 g/mol. The molecule has 0 saturated carbocycles. The second-order valence-electron chi connectivity index (χ2n) is 4.08. The molecule has 0 aliphatic carbocycles. The first-order chi connectivity index (χ1) is 8.55. The van der Waals surface area contributed by atoms with Crippen LogP contribution in [0.3, 0.4) is 0 Å². The largest absolute Gasteiger partial charge is 0.393 e. The van der Waals surface area contributed by atoms with Crippen LogP contribution < -0.4 is 5.32 Å². The van der Waals surface area contributed by atoms with Gasteiger partial charge in [0.05, 0.1) is 11.6 Å². The molecule has 0 aliphatic heterocycles. The second-order valence-corrected chi connectivity index (χ2v) is 6.24. The quantitative estimate of drug-likeness (QED) is 0.882. The summed E-state index contributed by atoms with van der Waals surface area (Å²) in [5.41, 5.74) is 0.277. The van der Waals surface area contributed by atoms with Crippen molar-refractivity contribution in [2.75, 3.05) is 11.9 Å². The molecule has 0 fully saturated rings. The lowest BCUT2D eigenvalue weighted by Gasteiger charge is -2.27. The molecule has 1 heterocycles. The van der Waals surface area contributed by atoms with Crippen LogP contribution in [-0.2, 0) is 5.54 Å². The van der Waals surface area contributed by atoms with Gasteiger partial charge in [-0.1, -0.05) is 11.6 Å². The van der Waals surface area contributed by atoms with Crippen molar-refractivity contribution in [3.8, 4) is 0 Å². The van der Waals surface area contributed by atoms with E-state index in [1.807, 2.05) is 24.4 Å². The molecule has 2 aromatic rings. The Morgan fingerprint density at radius 3 is 2.89 bits per heavy atom. The molecule has 1 atom stereocenters. The Morgan fingerprint density at radius 1 is 1.56 bits per heavy atom. The molecule has 0 radical (unpaired) electrons. The Bertz CT molecular complexity index is 535. The molecule has 1 aromatic carbocycles. The number of thiazole rings is 1. The first-order valence-corrected chi connectivity index (χ1v) is 7.34. The monoisotopic (exact) mass is 346 g/mol. The van der Waals surface area contributed by atoms with E-state index in [2.05, 4.69) is 26.2 Å². The van der Waals surface area contributed by atoms with E-state index in [1.54, 1.807) is 12.3 Å². The number of nitrogens with zero attached hydrogens (tertiary/aromatic N) is 1. The average Bonchev–Trinajstić information content (AvgIpc) is 2.88. The number of benzene rings is 1. The van der Waals surface area contributed by atoms with Crippen LogP contribution >= 0.6 is 38.9 Å². The van der Waals surface area contributed by atoms with Gasteiger partial charge >= 0.3 is 0 Å². The minimum absolute atomic E-state index is 0.0409. The molecular formula is C12H12BrClN2OS. The highest BCUT2D eigenvalue weighted by atomic mass is 79.9. The Kier molecular flexibility index (Phi) is 4.27.